The second kappa shape index (κ2) is 5.13. The van der Waals surface area contributed by atoms with Crippen LogP contribution in [0.25, 0.3) is 0 Å². The average Bonchev–Trinajstić information content (AvgIpc) is 2.87. The van der Waals surface area contributed by atoms with E-state index in [1.807, 2.05) is 32.2 Å². The van der Waals surface area contributed by atoms with E-state index in [0.29, 0.717) is 0 Å². The van der Waals surface area contributed by atoms with Crippen LogP contribution in [0.1, 0.15) is 38.9 Å². The SMILES string of the molecule is CNC(c1ccc2c(c1)C(=O)NCC2)c1occc1C. The maximum Gasteiger partial charge on any atom is 0.251 e. The van der Waals surface area contributed by atoms with Crippen LogP contribution in [-0.4, -0.2) is 19.5 Å². The van der Waals surface area contributed by atoms with Gasteiger partial charge in [-0.25, -0.2) is 0 Å². The summed E-state index contributed by atoms with van der Waals surface area (Å²) in [5.74, 6) is 0.905. The Morgan fingerprint density at radius 1 is 1.35 bits per heavy atom. The summed E-state index contributed by atoms with van der Waals surface area (Å²) in [6.45, 7) is 2.74. The highest BCUT2D eigenvalue weighted by Crippen LogP contribution is 2.27. The first-order valence-corrected chi connectivity index (χ1v) is 6.83. The smallest absolute Gasteiger partial charge is 0.251 e. The van der Waals surface area contributed by atoms with E-state index in [1.54, 1.807) is 6.26 Å². The quantitative estimate of drug-likeness (QED) is 0.899. The van der Waals surface area contributed by atoms with Gasteiger partial charge in [0.1, 0.15) is 5.76 Å². The molecule has 104 valence electrons. The summed E-state index contributed by atoms with van der Waals surface area (Å²) in [6.07, 6.45) is 2.59. The van der Waals surface area contributed by atoms with Crippen molar-refractivity contribution in [1.29, 1.82) is 0 Å². The van der Waals surface area contributed by atoms with Gasteiger partial charge in [-0.2, -0.15) is 0 Å². The molecule has 1 aliphatic rings. The molecule has 1 unspecified atom stereocenters. The molecule has 1 aromatic carbocycles. The monoisotopic (exact) mass is 270 g/mol. The number of carbonyl (C=O) groups is 1. The predicted molar refractivity (Wildman–Crippen MR) is 76.8 cm³/mol. The van der Waals surface area contributed by atoms with E-state index in [9.17, 15) is 4.79 Å². The lowest BCUT2D eigenvalue weighted by atomic mass is 9.94. The Morgan fingerprint density at radius 3 is 2.90 bits per heavy atom. The molecular formula is C16H18N2O2. The van der Waals surface area contributed by atoms with E-state index in [4.69, 9.17) is 4.42 Å². The summed E-state index contributed by atoms with van der Waals surface area (Å²) in [6, 6.07) is 8.00. The molecule has 1 amide bonds. The Hall–Kier alpha value is -2.07. The van der Waals surface area contributed by atoms with Crippen LogP contribution in [0.2, 0.25) is 0 Å². The fourth-order valence-electron chi connectivity index (χ4n) is 2.74. The number of nitrogens with one attached hydrogen (secondary N) is 2. The summed E-state index contributed by atoms with van der Waals surface area (Å²) >= 11 is 0. The average molecular weight is 270 g/mol. The van der Waals surface area contributed by atoms with Crippen LogP contribution in [0.3, 0.4) is 0 Å². The fraction of sp³-hybridized carbons (Fsp3) is 0.312. The maximum atomic E-state index is 11.9. The van der Waals surface area contributed by atoms with Crippen LogP contribution >= 0.6 is 0 Å². The zero-order valence-corrected chi connectivity index (χ0v) is 11.7. The standard InChI is InChI=1S/C16H18N2O2/c1-10-6-8-20-15(10)14(17-2)12-4-3-11-5-7-18-16(19)13(11)9-12/h3-4,6,8-9,14,17H,5,7H2,1-2H3,(H,18,19). The second-order valence-corrected chi connectivity index (χ2v) is 5.11. The minimum absolute atomic E-state index is 0.0131. The number of hydrogen-bond acceptors (Lipinski definition) is 3. The lowest BCUT2D eigenvalue weighted by Gasteiger charge is -2.20. The number of amides is 1. The van der Waals surface area contributed by atoms with Crippen LogP contribution < -0.4 is 10.6 Å². The van der Waals surface area contributed by atoms with Crippen molar-refractivity contribution in [3.05, 3.63) is 58.5 Å². The third-order valence-electron chi connectivity index (χ3n) is 3.84. The van der Waals surface area contributed by atoms with Crippen LogP contribution in [0, 0.1) is 6.92 Å². The summed E-state index contributed by atoms with van der Waals surface area (Å²) in [5.41, 5.74) is 4.04. The van der Waals surface area contributed by atoms with E-state index in [0.717, 1.165) is 41.0 Å². The van der Waals surface area contributed by atoms with Gasteiger partial charge in [-0.3, -0.25) is 4.79 Å². The Morgan fingerprint density at radius 2 is 2.20 bits per heavy atom. The van der Waals surface area contributed by atoms with Crippen molar-refractivity contribution in [3.8, 4) is 0 Å². The van der Waals surface area contributed by atoms with Crippen LogP contribution in [0.4, 0.5) is 0 Å². The van der Waals surface area contributed by atoms with Gasteiger partial charge in [0.2, 0.25) is 0 Å². The van der Waals surface area contributed by atoms with Crippen molar-refractivity contribution in [2.24, 2.45) is 0 Å². The second-order valence-electron chi connectivity index (χ2n) is 5.11. The molecule has 0 radical (unpaired) electrons. The summed E-state index contributed by atoms with van der Waals surface area (Å²) in [4.78, 5) is 11.9. The van der Waals surface area contributed by atoms with Crippen LogP contribution in [0.15, 0.2) is 34.9 Å². The lowest BCUT2D eigenvalue weighted by molar-refractivity contribution is 0.0946. The van der Waals surface area contributed by atoms with Gasteiger partial charge in [-0.05, 0) is 49.2 Å². The third kappa shape index (κ3) is 2.12. The molecule has 0 aliphatic carbocycles. The minimum Gasteiger partial charge on any atom is -0.467 e. The third-order valence-corrected chi connectivity index (χ3v) is 3.84. The zero-order valence-electron chi connectivity index (χ0n) is 11.7. The van der Waals surface area contributed by atoms with Gasteiger partial charge in [0.05, 0.1) is 12.3 Å². The zero-order chi connectivity index (χ0) is 14.1. The van der Waals surface area contributed by atoms with Crippen molar-refractivity contribution in [2.45, 2.75) is 19.4 Å². The molecule has 4 nitrogen and oxygen atoms in total. The molecule has 0 spiro atoms. The highest BCUT2D eigenvalue weighted by atomic mass is 16.3. The maximum absolute atomic E-state index is 11.9. The topological polar surface area (TPSA) is 54.3 Å². The van der Waals surface area contributed by atoms with Gasteiger partial charge < -0.3 is 15.1 Å². The number of fused-ring (bicyclic) bond motifs is 1. The molecule has 3 rings (SSSR count). The summed E-state index contributed by atoms with van der Waals surface area (Å²) < 4.78 is 5.58. The van der Waals surface area contributed by atoms with Crippen LogP contribution in [0.5, 0.6) is 0 Å². The van der Waals surface area contributed by atoms with Gasteiger partial charge >= 0.3 is 0 Å². The first kappa shape index (κ1) is 12.9. The number of carbonyl (C=O) groups excluding carboxylic acids is 1. The predicted octanol–water partition coefficient (Wildman–Crippen LogP) is 2.18. The van der Waals surface area contributed by atoms with Crippen molar-refractivity contribution < 1.29 is 9.21 Å². The molecule has 1 aliphatic heterocycles. The van der Waals surface area contributed by atoms with Gasteiger partial charge in [0, 0.05) is 12.1 Å². The minimum atomic E-state index is -0.0370. The van der Waals surface area contributed by atoms with E-state index >= 15 is 0 Å². The molecule has 0 fully saturated rings. The molecule has 20 heavy (non-hydrogen) atoms. The molecule has 1 atom stereocenters. The summed E-state index contributed by atoms with van der Waals surface area (Å²) in [7, 11) is 1.89. The number of benzene rings is 1. The number of aryl methyl sites for hydroxylation is 1. The molecule has 2 N–H and O–H groups in total. The highest BCUT2D eigenvalue weighted by Gasteiger charge is 2.22. The van der Waals surface area contributed by atoms with E-state index in [-0.39, 0.29) is 11.9 Å². The number of hydrogen-bond donors (Lipinski definition) is 2. The molecular weight excluding hydrogens is 252 g/mol. The van der Waals surface area contributed by atoms with Crippen molar-refractivity contribution in [3.63, 3.8) is 0 Å². The molecule has 0 bridgehead atoms. The Bertz CT molecular complexity index is 646. The first-order valence-electron chi connectivity index (χ1n) is 6.83. The molecule has 1 aromatic heterocycles. The van der Waals surface area contributed by atoms with Gasteiger partial charge in [-0.15, -0.1) is 0 Å². The Labute approximate surface area is 118 Å². The Kier molecular flexibility index (Phi) is 3.32. The van der Waals surface area contributed by atoms with E-state index < -0.39 is 0 Å². The number of furan rings is 1. The molecule has 0 saturated carbocycles. The van der Waals surface area contributed by atoms with Crippen molar-refractivity contribution in [1.82, 2.24) is 10.6 Å². The van der Waals surface area contributed by atoms with Gasteiger partial charge in [0.25, 0.3) is 5.91 Å². The molecule has 2 aromatic rings. The lowest BCUT2D eigenvalue weighted by Crippen LogP contribution is -2.32. The molecule has 0 saturated heterocycles. The van der Waals surface area contributed by atoms with E-state index in [2.05, 4.69) is 16.7 Å². The van der Waals surface area contributed by atoms with Gasteiger partial charge in [-0.1, -0.05) is 12.1 Å². The summed E-state index contributed by atoms with van der Waals surface area (Å²) in [5, 5.41) is 6.14. The highest BCUT2D eigenvalue weighted by molar-refractivity contribution is 5.96. The fourth-order valence-corrected chi connectivity index (χ4v) is 2.74. The molecule has 4 heteroatoms. The first-order chi connectivity index (χ1) is 9.70. The molecule has 2 heterocycles. The van der Waals surface area contributed by atoms with Gasteiger partial charge in [0.15, 0.2) is 0 Å². The normalized spacial score (nSPS) is 15.6. The van der Waals surface area contributed by atoms with Crippen LogP contribution in [-0.2, 0) is 6.42 Å². The van der Waals surface area contributed by atoms with Crippen molar-refractivity contribution >= 4 is 5.91 Å². The van der Waals surface area contributed by atoms with Crippen molar-refractivity contribution in [2.75, 3.05) is 13.6 Å². The number of rotatable bonds is 3. The van der Waals surface area contributed by atoms with E-state index in [1.165, 1.54) is 0 Å². The largest absolute Gasteiger partial charge is 0.467 e. The Balaban J connectivity index is 2.03.